The van der Waals surface area contributed by atoms with Gasteiger partial charge in [-0.15, -0.1) is 0 Å². The largest absolute Gasteiger partial charge is 0.508 e. The van der Waals surface area contributed by atoms with E-state index in [0.717, 1.165) is 11.1 Å². The molecule has 0 radical (unpaired) electrons. The molecular weight excluding hydrogens is 224 g/mol. The van der Waals surface area contributed by atoms with Gasteiger partial charge in [0.1, 0.15) is 5.75 Å². The molecule has 0 aliphatic carbocycles. The molecule has 0 spiro atoms. The first-order valence-corrected chi connectivity index (χ1v) is 5.74. The summed E-state index contributed by atoms with van der Waals surface area (Å²) in [5.74, 6) is -0.0145. The van der Waals surface area contributed by atoms with Gasteiger partial charge in [0.25, 0.3) is 0 Å². The minimum Gasteiger partial charge on any atom is -0.508 e. The molecule has 2 rings (SSSR count). The molecule has 0 heterocycles. The third-order valence-corrected chi connectivity index (χ3v) is 2.73. The van der Waals surface area contributed by atoms with Crippen molar-refractivity contribution in [3.05, 3.63) is 71.3 Å². The molecule has 0 aliphatic rings. The normalized spacial score (nSPS) is 10.7. The molecule has 2 nitrogen and oxygen atoms in total. The van der Waals surface area contributed by atoms with E-state index in [1.807, 2.05) is 31.2 Å². The van der Waals surface area contributed by atoms with Gasteiger partial charge in [-0.3, -0.25) is 4.79 Å². The van der Waals surface area contributed by atoms with Gasteiger partial charge in [0.15, 0.2) is 5.78 Å². The molecule has 2 aromatic carbocycles. The van der Waals surface area contributed by atoms with Crippen LogP contribution in [0.15, 0.2) is 54.6 Å². The second-order valence-electron chi connectivity index (χ2n) is 4.10. The van der Waals surface area contributed by atoms with E-state index in [-0.39, 0.29) is 11.5 Å². The number of aryl methyl sites for hydroxylation is 1. The van der Waals surface area contributed by atoms with E-state index in [4.69, 9.17) is 0 Å². The number of allylic oxidation sites excluding steroid dienone is 1. The Hall–Kier alpha value is -2.35. The van der Waals surface area contributed by atoms with Gasteiger partial charge < -0.3 is 5.11 Å². The number of ketones is 1. The summed E-state index contributed by atoms with van der Waals surface area (Å²) < 4.78 is 0. The number of carbonyl (C=O) groups is 1. The lowest BCUT2D eigenvalue weighted by atomic mass is 10.1. The molecule has 0 saturated carbocycles. The van der Waals surface area contributed by atoms with Crippen LogP contribution in [-0.4, -0.2) is 10.9 Å². The van der Waals surface area contributed by atoms with Crippen LogP contribution in [0.25, 0.3) is 6.08 Å². The smallest absolute Gasteiger partial charge is 0.185 e. The highest BCUT2D eigenvalue weighted by Gasteiger charge is 2.02. The maximum Gasteiger partial charge on any atom is 0.185 e. The van der Waals surface area contributed by atoms with Crippen LogP contribution in [0.2, 0.25) is 0 Å². The van der Waals surface area contributed by atoms with E-state index in [1.54, 1.807) is 24.3 Å². The first-order chi connectivity index (χ1) is 8.66. The molecule has 2 aromatic rings. The standard InChI is InChI=1S/C16H14O2/c1-12-5-2-3-6-13(12)9-10-16(18)14-7-4-8-15(17)11-14/h2-11,17H,1H3/b10-9+. The molecule has 0 unspecified atom stereocenters. The fourth-order valence-electron chi connectivity index (χ4n) is 1.69. The van der Waals surface area contributed by atoms with Crippen LogP contribution in [0, 0.1) is 6.92 Å². The molecule has 0 aromatic heterocycles. The van der Waals surface area contributed by atoms with Crippen LogP contribution in [0.3, 0.4) is 0 Å². The first kappa shape index (κ1) is 12.1. The van der Waals surface area contributed by atoms with Crippen molar-refractivity contribution in [2.75, 3.05) is 0 Å². The van der Waals surface area contributed by atoms with Crippen LogP contribution < -0.4 is 0 Å². The van der Waals surface area contributed by atoms with Crippen molar-refractivity contribution >= 4 is 11.9 Å². The Balaban J connectivity index is 2.20. The lowest BCUT2D eigenvalue weighted by Crippen LogP contribution is -1.93. The average molecular weight is 238 g/mol. The van der Waals surface area contributed by atoms with Crippen molar-refractivity contribution in [2.45, 2.75) is 6.92 Å². The van der Waals surface area contributed by atoms with Crippen molar-refractivity contribution in [3.63, 3.8) is 0 Å². The topological polar surface area (TPSA) is 37.3 Å². The molecule has 18 heavy (non-hydrogen) atoms. The average Bonchev–Trinajstić information content (AvgIpc) is 2.37. The number of hydrogen-bond acceptors (Lipinski definition) is 2. The van der Waals surface area contributed by atoms with Gasteiger partial charge in [0, 0.05) is 5.56 Å². The number of hydrogen-bond donors (Lipinski definition) is 1. The fourth-order valence-corrected chi connectivity index (χ4v) is 1.69. The second kappa shape index (κ2) is 5.32. The van der Waals surface area contributed by atoms with Crippen LogP contribution >= 0.6 is 0 Å². The van der Waals surface area contributed by atoms with Crippen molar-refractivity contribution in [1.82, 2.24) is 0 Å². The maximum atomic E-state index is 11.9. The highest BCUT2D eigenvalue weighted by Crippen LogP contribution is 2.13. The lowest BCUT2D eigenvalue weighted by Gasteiger charge is -1.99. The van der Waals surface area contributed by atoms with E-state index >= 15 is 0 Å². The molecule has 0 aliphatic heterocycles. The second-order valence-corrected chi connectivity index (χ2v) is 4.10. The monoisotopic (exact) mass is 238 g/mol. The summed E-state index contributed by atoms with van der Waals surface area (Å²) in [6.07, 6.45) is 3.32. The predicted molar refractivity (Wildman–Crippen MR) is 72.7 cm³/mol. The van der Waals surface area contributed by atoms with Gasteiger partial charge in [-0.1, -0.05) is 42.5 Å². The van der Waals surface area contributed by atoms with Crippen LogP contribution in [-0.2, 0) is 0 Å². The van der Waals surface area contributed by atoms with E-state index in [2.05, 4.69) is 0 Å². The van der Waals surface area contributed by atoms with Gasteiger partial charge in [-0.05, 0) is 36.3 Å². The Morgan fingerprint density at radius 3 is 2.61 bits per heavy atom. The number of carbonyl (C=O) groups excluding carboxylic acids is 1. The minimum absolute atomic E-state index is 0.102. The zero-order valence-corrected chi connectivity index (χ0v) is 10.1. The molecular formula is C16H14O2. The summed E-state index contributed by atoms with van der Waals surface area (Å²) in [4.78, 5) is 11.9. The number of benzene rings is 2. The summed E-state index contributed by atoms with van der Waals surface area (Å²) in [5.41, 5.74) is 2.63. The Kier molecular flexibility index (Phi) is 3.58. The van der Waals surface area contributed by atoms with Gasteiger partial charge in [-0.2, -0.15) is 0 Å². The predicted octanol–water partition coefficient (Wildman–Crippen LogP) is 3.60. The first-order valence-electron chi connectivity index (χ1n) is 5.74. The van der Waals surface area contributed by atoms with Crippen molar-refractivity contribution in [2.24, 2.45) is 0 Å². The number of phenols is 1. The summed E-state index contributed by atoms with van der Waals surface area (Å²) in [7, 11) is 0. The van der Waals surface area contributed by atoms with Gasteiger partial charge >= 0.3 is 0 Å². The van der Waals surface area contributed by atoms with Gasteiger partial charge in [0.05, 0.1) is 0 Å². The Morgan fingerprint density at radius 1 is 1.11 bits per heavy atom. The Labute approximate surface area is 106 Å². The highest BCUT2D eigenvalue weighted by atomic mass is 16.3. The summed E-state index contributed by atoms with van der Waals surface area (Å²) in [5, 5.41) is 9.32. The quantitative estimate of drug-likeness (QED) is 0.655. The molecule has 0 fully saturated rings. The van der Waals surface area contributed by atoms with Crippen LogP contribution in [0.1, 0.15) is 21.5 Å². The Bertz CT molecular complexity index is 598. The van der Waals surface area contributed by atoms with E-state index in [9.17, 15) is 9.90 Å². The van der Waals surface area contributed by atoms with Crippen LogP contribution in [0.5, 0.6) is 5.75 Å². The summed E-state index contributed by atoms with van der Waals surface area (Å²) >= 11 is 0. The highest BCUT2D eigenvalue weighted by molar-refractivity contribution is 6.07. The molecule has 2 heteroatoms. The van der Waals surface area contributed by atoms with E-state index in [1.165, 1.54) is 12.1 Å². The summed E-state index contributed by atoms with van der Waals surface area (Å²) in [6, 6.07) is 14.2. The van der Waals surface area contributed by atoms with Crippen molar-refractivity contribution in [3.8, 4) is 5.75 Å². The molecule has 1 N–H and O–H groups in total. The fraction of sp³-hybridized carbons (Fsp3) is 0.0625. The Morgan fingerprint density at radius 2 is 1.89 bits per heavy atom. The molecule has 0 atom stereocenters. The molecule has 0 saturated heterocycles. The van der Waals surface area contributed by atoms with Gasteiger partial charge in [-0.25, -0.2) is 0 Å². The minimum atomic E-state index is -0.117. The third-order valence-electron chi connectivity index (χ3n) is 2.73. The molecule has 0 bridgehead atoms. The summed E-state index contributed by atoms with van der Waals surface area (Å²) in [6.45, 7) is 2.00. The SMILES string of the molecule is Cc1ccccc1/C=C/C(=O)c1cccc(O)c1. The van der Waals surface area contributed by atoms with Crippen LogP contribution in [0.4, 0.5) is 0 Å². The van der Waals surface area contributed by atoms with E-state index < -0.39 is 0 Å². The molecule has 90 valence electrons. The van der Waals surface area contributed by atoms with Gasteiger partial charge in [0.2, 0.25) is 0 Å². The van der Waals surface area contributed by atoms with E-state index in [0.29, 0.717) is 5.56 Å². The zero-order chi connectivity index (χ0) is 13.0. The number of phenolic OH excluding ortho intramolecular Hbond substituents is 1. The zero-order valence-electron chi connectivity index (χ0n) is 10.1. The van der Waals surface area contributed by atoms with Crippen molar-refractivity contribution in [1.29, 1.82) is 0 Å². The van der Waals surface area contributed by atoms with Crippen molar-refractivity contribution < 1.29 is 9.90 Å². The number of aromatic hydroxyl groups is 1. The maximum absolute atomic E-state index is 11.9. The molecule has 0 amide bonds. The number of rotatable bonds is 3. The lowest BCUT2D eigenvalue weighted by molar-refractivity contribution is 0.104. The third kappa shape index (κ3) is 2.86.